The number of carboxylic acid groups (broad SMARTS) is 1. The number of aromatic carboxylic acids is 1. The molecule has 1 heterocycles. The first-order valence-electron chi connectivity index (χ1n) is 10.2. The van der Waals surface area contributed by atoms with Gasteiger partial charge in [-0.3, -0.25) is 0 Å². The number of hydrogen-bond donors (Lipinski definition) is 1. The number of nitrogens with zero attached hydrogens (tertiary/aromatic N) is 1. The molecule has 150 valence electrons. The molecule has 3 aromatic carbocycles. The van der Waals surface area contributed by atoms with Gasteiger partial charge < -0.3 is 10.0 Å². The van der Waals surface area contributed by atoms with Crippen molar-refractivity contribution in [3.63, 3.8) is 0 Å². The summed E-state index contributed by atoms with van der Waals surface area (Å²) >= 11 is 0. The molecule has 0 saturated carbocycles. The Balaban J connectivity index is 1.70. The summed E-state index contributed by atoms with van der Waals surface area (Å²) in [6, 6.07) is 21.8. The fourth-order valence-corrected chi connectivity index (χ4v) is 3.88. The van der Waals surface area contributed by atoms with Crippen molar-refractivity contribution in [1.82, 2.24) is 0 Å². The highest BCUT2D eigenvalue weighted by Crippen LogP contribution is 2.43. The number of carbonyl (C=O) groups is 1. The van der Waals surface area contributed by atoms with Crippen LogP contribution in [0.3, 0.4) is 0 Å². The van der Waals surface area contributed by atoms with Crippen LogP contribution in [0.15, 0.2) is 66.7 Å². The minimum absolute atomic E-state index is 0.120. The van der Waals surface area contributed by atoms with E-state index in [1.165, 1.54) is 22.5 Å². The molecule has 1 aliphatic heterocycles. The van der Waals surface area contributed by atoms with Gasteiger partial charge in [0.1, 0.15) is 0 Å². The Morgan fingerprint density at radius 1 is 0.933 bits per heavy atom. The minimum Gasteiger partial charge on any atom is -0.478 e. The summed E-state index contributed by atoms with van der Waals surface area (Å²) in [4.78, 5) is 13.4. The second kappa shape index (κ2) is 7.72. The molecule has 0 saturated heterocycles. The molecule has 0 radical (unpaired) electrons. The van der Waals surface area contributed by atoms with Crippen LogP contribution in [0.2, 0.25) is 0 Å². The van der Waals surface area contributed by atoms with E-state index >= 15 is 0 Å². The van der Waals surface area contributed by atoms with Gasteiger partial charge in [-0.1, -0.05) is 49.5 Å². The average molecular weight is 396 g/mol. The van der Waals surface area contributed by atoms with E-state index in [1.807, 2.05) is 0 Å². The average Bonchev–Trinajstić information content (AvgIpc) is 2.73. The highest BCUT2D eigenvalue weighted by Gasteiger charge is 2.31. The lowest BCUT2D eigenvalue weighted by Gasteiger charge is -2.40. The highest BCUT2D eigenvalue weighted by molar-refractivity contribution is 5.87. The zero-order valence-electron chi connectivity index (χ0n) is 17.6. The first-order chi connectivity index (χ1) is 14.3. The van der Waals surface area contributed by atoms with Crippen molar-refractivity contribution >= 4 is 17.3 Å². The molecule has 0 aromatic heterocycles. The Morgan fingerprint density at radius 3 is 2.23 bits per heavy atom. The number of fused-ring (bicyclic) bond motifs is 1. The molecule has 30 heavy (non-hydrogen) atoms. The van der Waals surface area contributed by atoms with Gasteiger partial charge >= 0.3 is 5.97 Å². The second-order valence-corrected chi connectivity index (χ2v) is 8.49. The first kappa shape index (κ1) is 19.8. The predicted octanol–water partition coefficient (Wildman–Crippen LogP) is 5.91. The van der Waals surface area contributed by atoms with Crippen LogP contribution in [0.25, 0.3) is 0 Å². The van der Waals surface area contributed by atoms with E-state index in [0.29, 0.717) is 0 Å². The smallest absolute Gasteiger partial charge is 0.335 e. The molecular weight excluding hydrogens is 370 g/mol. The van der Waals surface area contributed by atoms with Gasteiger partial charge in [-0.2, -0.15) is 0 Å². The van der Waals surface area contributed by atoms with Gasteiger partial charge in [-0.05, 0) is 72.9 Å². The summed E-state index contributed by atoms with van der Waals surface area (Å²) < 4.78 is 0. The molecule has 0 aliphatic carbocycles. The first-order valence-corrected chi connectivity index (χ1v) is 10.2. The molecule has 0 fully saturated rings. The Hall–Kier alpha value is -3.51. The zero-order valence-corrected chi connectivity index (χ0v) is 17.6. The number of carboxylic acids is 1. The van der Waals surface area contributed by atoms with Gasteiger partial charge in [0, 0.05) is 29.0 Å². The van der Waals surface area contributed by atoms with Gasteiger partial charge in [0.25, 0.3) is 0 Å². The van der Waals surface area contributed by atoms with Crippen molar-refractivity contribution in [2.45, 2.75) is 32.6 Å². The molecule has 4 rings (SSSR count). The van der Waals surface area contributed by atoms with Crippen LogP contribution < -0.4 is 4.90 Å². The van der Waals surface area contributed by atoms with Crippen LogP contribution in [0.5, 0.6) is 0 Å². The van der Waals surface area contributed by atoms with E-state index in [4.69, 9.17) is 5.11 Å². The van der Waals surface area contributed by atoms with Crippen LogP contribution in [0.4, 0.5) is 11.4 Å². The lowest BCUT2D eigenvalue weighted by Crippen LogP contribution is -2.34. The fraction of sp³-hybridized carbons (Fsp3) is 0.222. The molecule has 3 nitrogen and oxygen atoms in total. The van der Waals surface area contributed by atoms with Crippen molar-refractivity contribution in [1.29, 1.82) is 0 Å². The van der Waals surface area contributed by atoms with Crippen molar-refractivity contribution in [3.8, 4) is 11.8 Å². The van der Waals surface area contributed by atoms with Gasteiger partial charge in [-0.15, -0.1) is 0 Å². The van der Waals surface area contributed by atoms with E-state index < -0.39 is 5.97 Å². The van der Waals surface area contributed by atoms with Gasteiger partial charge in [0.05, 0.1) is 5.56 Å². The Labute approximate surface area is 178 Å². The van der Waals surface area contributed by atoms with Crippen molar-refractivity contribution < 1.29 is 9.90 Å². The number of benzene rings is 3. The Morgan fingerprint density at radius 2 is 1.57 bits per heavy atom. The maximum Gasteiger partial charge on any atom is 0.335 e. The molecule has 0 bridgehead atoms. The third kappa shape index (κ3) is 3.95. The van der Waals surface area contributed by atoms with E-state index in [9.17, 15) is 4.79 Å². The van der Waals surface area contributed by atoms with E-state index in [2.05, 4.69) is 80.0 Å². The molecule has 0 atom stereocenters. The number of aryl methyl sites for hydroxylation is 1. The molecule has 1 aliphatic rings. The molecule has 0 unspecified atom stereocenters. The maximum absolute atomic E-state index is 11.0. The maximum atomic E-state index is 11.0. The fourth-order valence-electron chi connectivity index (χ4n) is 3.88. The summed E-state index contributed by atoms with van der Waals surface area (Å²) in [5.74, 6) is 5.47. The van der Waals surface area contributed by atoms with E-state index in [1.54, 1.807) is 24.3 Å². The summed E-state index contributed by atoms with van der Waals surface area (Å²) in [6.07, 6.45) is 1.09. The normalized spacial score (nSPS) is 14.4. The van der Waals surface area contributed by atoms with Crippen molar-refractivity contribution in [3.05, 3.63) is 94.5 Å². The standard InChI is InChI=1S/C27H25NO2/c1-19-4-13-23(14-5-19)28-17-16-27(2,3)24-15-10-21(18-25(24)28)7-6-20-8-11-22(12-9-20)26(29)30/h4-5,8-15,18H,16-17H2,1-3H3,(H,29,30). The van der Waals surface area contributed by atoms with E-state index in [0.717, 1.165) is 24.1 Å². The van der Waals surface area contributed by atoms with Crippen LogP contribution in [0, 0.1) is 18.8 Å². The van der Waals surface area contributed by atoms with Crippen LogP contribution in [0.1, 0.15) is 52.9 Å². The Kier molecular flexibility index (Phi) is 5.10. The molecule has 0 amide bonds. The number of anilines is 2. The largest absolute Gasteiger partial charge is 0.478 e. The number of hydrogen-bond acceptors (Lipinski definition) is 2. The predicted molar refractivity (Wildman–Crippen MR) is 122 cm³/mol. The van der Waals surface area contributed by atoms with E-state index in [-0.39, 0.29) is 11.0 Å². The monoisotopic (exact) mass is 395 g/mol. The van der Waals surface area contributed by atoms with Crippen LogP contribution >= 0.6 is 0 Å². The lowest BCUT2D eigenvalue weighted by atomic mass is 9.77. The highest BCUT2D eigenvalue weighted by atomic mass is 16.4. The quantitative estimate of drug-likeness (QED) is 0.548. The van der Waals surface area contributed by atoms with Gasteiger partial charge in [-0.25, -0.2) is 4.79 Å². The SMILES string of the molecule is Cc1ccc(N2CCC(C)(C)c3ccc(C#Cc4ccc(C(=O)O)cc4)cc32)cc1. The van der Waals surface area contributed by atoms with Gasteiger partial charge in [0.15, 0.2) is 0 Å². The summed E-state index contributed by atoms with van der Waals surface area (Å²) in [5, 5.41) is 9.03. The molecule has 3 aromatic rings. The van der Waals surface area contributed by atoms with Crippen LogP contribution in [-0.4, -0.2) is 17.6 Å². The molecule has 1 N–H and O–H groups in total. The molecule has 3 heteroatoms. The second-order valence-electron chi connectivity index (χ2n) is 8.49. The Bertz CT molecular complexity index is 1150. The third-order valence-electron chi connectivity index (χ3n) is 5.81. The molecule has 0 spiro atoms. The van der Waals surface area contributed by atoms with Crippen molar-refractivity contribution in [2.75, 3.05) is 11.4 Å². The third-order valence-corrected chi connectivity index (χ3v) is 5.81. The van der Waals surface area contributed by atoms with Crippen molar-refractivity contribution in [2.24, 2.45) is 0 Å². The molecular formula is C27H25NO2. The summed E-state index contributed by atoms with van der Waals surface area (Å²) in [5.41, 5.74) is 7.14. The van der Waals surface area contributed by atoms with Crippen LogP contribution in [-0.2, 0) is 5.41 Å². The number of rotatable bonds is 2. The summed E-state index contributed by atoms with van der Waals surface area (Å²) in [7, 11) is 0. The van der Waals surface area contributed by atoms with Gasteiger partial charge in [0.2, 0.25) is 0 Å². The minimum atomic E-state index is -0.928. The zero-order chi connectivity index (χ0) is 21.3. The lowest BCUT2D eigenvalue weighted by molar-refractivity contribution is 0.0697. The topological polar surface area (TPSA) is 40.5 Å². The summed E-state index contributed by atoms with van der Waals surface area (Å²) in [6.45, 7) is 7.67.